The molecular weight excluding hydrogens is 2490 g/mol. The number of hydrogen-bond acceptors (Lipinski definition) is 31. The van der Waals surface area contributed by atoms with Crippen LogP contribution in [-0.2, 0) is 141 Å². The number of nitrogens with one attached hydrogen (secondary N) is 2. The van der Waals surface area contributed by atoms with Crippen LogP contribution in [0.2, 0.25) is 0 Å². The molecule has 0 spiro atoms. The largest absolute Gasteiger partial charge is 0.494 e. The molecule has 0 bridgehead atoms. The normalized spacial score (nSPS) is 19.3. The van der Waals surface area contributed by atoms with Gasteiger partial charge < -0.3 is 65.0 Å². The zero-order chi connectivity index (χ0) is 109. The molecular formula is C96H123BBr5ClIN19O21S5. The van der Waals surface area contributed by atoms with Crippen LogP contribution in [0.1, 0.15) is 132 Å². The molecule has 10 heterocycles. The Hall–Kier alpha value is -7.87. The third kappa shape index (κ3) is 38.0. The quantitative estimate of drug-likeness (QED) is 0.00598. The van der Waals surface area contributed by atoms with Crippen molar-refractivity contribution < 1.29 is 94.4 Å². The van der Waals surface area contributed by atoms with E-state index in [1.54, 1.807) is 45.3 Å². The number of esters is 3. The number of ketones is 2. The average molecular weight is 2610 g/mol. The summed E-state index contributed by atoms with van der Waals surface area (Å²) < 4.78 is 155. The number of likely N-dealkylation sites (tertiary alicyclic amines) is 2. The van der Waals surface area contributed by atoms with E-state index in [1.165, 1.54) is 79.9 Å². The van der Waals surface area contributed by atoms with Gasteiger partial charge in [-0.05, 0) is 247 Å². The van der Waals surface area contributed by atoms with Gasteiger partial charge in [-0.15, -0.1) is 0 Å². The first-order chi connectivity index (χ1) is 70.2. The molecule has 1 amide bonds. The second-order valence-corrected chi connectivity index (χ2v) is 51.4. The summed E-state index contributed by atoms with van der Waals surface area (Å²) in [6, 6.07) is 46.5. The van der Waals surface area contributed by atoms with Crippen LogP contribution in [-0.4, -0.2) is 261 Å². The molecule has 0 atom stereocenters. The third-order valence-electron chi connectivity index (χ3n) is 24.7. The molecule has 810 valence electrons. The molecule has 0 radical (unpaired) electrons. The molecule has 6 aromatic carbocycles. The van der Waals surface area contributed by atoms with Gasteiger partial charge in [0.2, 0.25) is 26.0 Å². The lowest BCUT2D eigenvalue weighted by Gasteiger charge is -2.42. The standard InChI is InChI=1S/C24H28N6O3S.C15H21BN2O5S.C14H18IN5.C11H15BrN2O4S.C11H14BrNO2.C10H10BrNO3S.C7H8BrN.C4H7BrO2.ClH2NO2S/c25-23-22-21(18-4-1-3-16(7-18)11-29-12-20(31)14-34(29,32)33)13-30(24(22)27-15-26-23)19-8-17(9-19)10-28-5-2-6-28;1-14(2)15(3,4)23-16(22-14)12-7-5-6-11(8-12)9-18-10-13(19)17-24(18,20)21;15-11-7-20(14-12(11)13(16)17-8-18-14)10-4-9(5-10)6-19-2-1-3-19;1-2-18-11(15)8-14(19(13,16)17)7-9-4-3-5-10(12)6-9;1-2-15-11(14)8-13-7-9-4-3-5-10(12)6-9;11-9-3-1-2-8(4-9)5-12-6-10(13)7-16(12,14)15;8-7-3-1-2-6(4-7)5-9;1-2-7-4(6)3-5;1-5(2,3)4/h1,3-4,7,13,15,17,19H,2,5-6,8-12,14H2,(H2,25,26,27);5-8H,9-10H2,1-4H3,(H,17,19);7-10H,1-6H2,(H2,16,17,18);3-6H,2,7-8H2,1H3,(H2,13,16,17);3-6,13H,2,7-8H2,1H3;1-4H,5-7H2;1-4H,5,9H2;2-3H2,1H3;(H2,2,3,4). The van der Waals surface area contributed by atoms with E-state index in [4.69, 9.17) is 41.1 Å². The number of aromatic nitrogens is 6. The number of alkyl halides is 1. The molecule has 4 aromatic heterocycles. The number of nitrogens with zero attached hydrogens (tertiary/aromatic N) is 12. The third-order valence-corrected chi connectivity index (χ3v) is 33.8. The molecule has 149 heavy (non-hydrogen) atoms. The lowest BCUT2D eigenvalue weighted by atomic mass is 9.78. The minimum absolute atomic E-state index is 0.00511. The summed E-state index contributed by atoms with van der Waals surface area (Å²) in [5, 5.41) is 14.3. The first kappa shape index (κ1) is 123. The van der Waals surface area contributed by atoms with Crippen LogP contribution in [0.5, 0.6) is 0 Å². The van der Waals surface area contributed by atoms with Crippen molar-refractivity contribution in [3.05, 3.63) is 225 Å². The monoisotopic (exact) mass is 2610 g/mol. The smallest absolute Gasteiger partial charge is 0.465 e. The summed E-state index contributed by atoms with van der Waals surface area (Å²) in [4.78, 5) is 89.0. The Morgan fingerprint density at radius 1 is 0.564 bits per heavy atom. The summed E-state index contributed by atoms with van der Waals surface area (Å²) in [5.74, 6) is -0.239. The van der Waals surface area contributed by atoms with Crippen molar-refractivity contribution in [3.63, 3.8) is 0 Å². The van der Waals surface area contributed by atoms with E-state index in [2.05, 4.69) is 179 Å². The Kier molecular flexibility index (Phi) is 46.6. The van der Waals surface area contributed by atoms with E-state index in [9.17, 15) is 70.9 Å². The molecule has 40 nitrogen and oxygen atoms in total. The van der Waals surface area contributed by atoms with Crippen molar-refractivity contribution in [2.24, 2.45) is 27.8 Å². The van der Waals surface area contributed by atoms with E-state index in [0.717, 1.165) is 121 Å². The highest BCUT2D eigenvalue weighted by molar-refractivity contribution is 14.1. The Balaban J connectivity index is 0.000000179. The number of halogens is 7. The molecule has 6 saturated heterocycles. The SMILES string of the molecule is CC1(C)OB(c2cccc(CN3CC(=O)NS3(=O)=O)c2)OC1(C)C.CCOC(=O)CBr.CCOC(=O)CN(Cc1cccc(Br)c1)S(N)(=O)=O.CCOC(=O)CNCc1cccc(Br)c1.NCc1cccc(Br)c1.NS(=O)(=O)Cl.Nc1ncnc2c1c(-c1cccc(CN3CC(=O)CS3(=O)=O)c1)cn2C1CC(CN2CCC2)C1.Nc1ncnc2c1c(I)cn2C1CC(CN2CCC2)C1.O=C1CN(Cc2cccc(Br)c2)S(=O)(=O)C1. The number of carbonyl (C=O) groups is 6. The molecule has 2 saturated carbocycles. The van der Waals surface area contributed by atoms with Gasteiger partial charge in [0.15, 0.2) is 11.6 Å². The Morgan fingerprint density at radius 2 is 0.980 bits per heavy atom. The van der Waals surface area contributed by atoms with Crippen LogP contribution in [0.4, 0.5) is 11.6 Å². The number of carbonyl (C=O) groups excluding carboxylic acids is 6. The Labute approximate surface area is 930 Å². The van der Waals surface area contributed by atoms with Crippen LogP contribution in [0, 0.1) is 15.4 Å². The fourth-order valence-electron chi connectivity index (χ4n) is 16.5. The number of anilines is 2. The maximum absolute atomic E-state index is 12.3. The van der Waals surface area contributed by atoms with Crippen LogP contribution >= 0.6 is 113 Å². The first-order valence-corrected chi connectivity index (χ1v) is 61.2. The molecule has 18 rings (SSSR count). The van der Waals surface area contributed by atoms with Crippen molar-refractivity contribution in [3.8, 4) is 11.1 Å². The second kappa shape index (κ2) is 56.5. The van der Waals surface area contributed by atoms with Gasteiger partial charge in [-0.2, -0.15) is 42.5 Å². The van der Waals surface area contributed by atoms with Crippen LogP contribution in [0.3, 0.4) is 0 Å². The van der Waals surface area contributed by atoms with E-state index in [-0.39, 0.29) is 88.2 Å². The van der Waals surface area contributed by atoms with Crippen molar-refractivity contribution in [2.45, 2.75) is 150 Å². The van der Waals surface area contributed by atoms with E-state index in [0.29, 0.717) is 60.9 Å². The molecule has 12 N–H and O–H groups in total. The Bertz CT molecular complexity index is 6920. The Morgan fingerprint density at radius 3 is 1.42 bits per heavy atom. The topological polar surface area (TPSA) is 554 Å². The zero-order valence-corrected chi connectivity index (χ0v) is 98.0. The average Bonchev–Trinajstić information content (AvgIpc) is 1.58. The highest BCUT2D eigenvalue weighted by Gasteiger charge is 2.52. The van der Waals surface area contributed by atoms with Crippen molar-refractivity contribution in [2.75, 3.05) is 120 Å². The van der Waals surface area contributed by atoms with Gasteiger partial charge in [0.05, 0.1) is 68.0 Å². The summed E-state index contributed by atoms with van der Waals surface area (Å²) in [6.45, 7) is 23.2. The summed E-state index contributed by atoms with van der Waals surface area (Å²) in [5.41, 5.74) is 26.8. The second-order valence-electron chi connectivity index (χ2n) is 36.7. The van der Waals surface area contributed by atoms with Crippen molar-refractivity contribution >= 4 is 244 Å². The fourth-order valence-corrected chi connectivity index (χ4v) is 23.7. The maximum Gasteiger partial charge on any atom is 0.494 e. The highest BCUT2D eigenvalue weighted by Crippen LogP contribution is 2.45. The predicted octanol–water partition coefficient (Wildman–Crippen LogP) is 11.1. The van der Waals surface area contributed by atoms with Gasteiger partial charge in [0.25, 0.3) is 19.4 Å². The molecule has 0 unspecified atom stereocenters. The number of Topliss-reactive ketones (excluding diaryl/α,β-unsaturated/α-hetero) is 2. The summed E-state index contributed by atoms with van der Waals surface area (Å²) in [7, 11) is -14.5. The maximum atomic E-state index is 12.3. The van der Waals surface area contributed by atoms with Crippen LogP contribution < -0.4 is 43.0 Å². The van der Waals surface area contributed by atoms with Gasteiger partial charge in [0, 0.05) is 115 Å². The molecule has 10 aromatic rings. The molecule has 8 fully saturated rings. The fraction of sp³-hybridized carbons (Fsp3) is 0.438. The number of amides is 1. The van der Waals surface area contributed by atoms with Crippen LogP contribution in [0.15, 0.2) is 189 Å². The summed E-state index contributed by atoms with van der Waals surface area (Å²) >= 11 is 18.6. The predicted molar refractivity (Wildman–Crippen MR) is 598 cm³/mol. The van der Waals surface area contributed by atoms with Gasteiger partial charge >= 0.3 is 35.2 Å². The number of nitrogen functional groups attached to an aromatic ring is 2. The number of nitrogens with two attached hydrogens (primary N) is 5. The van der Waals surface area contributed by atoms with Gasteiger partial charge in [0.1, 0.15) is 59.0 Å². The van der Waals surface area contributed by atoms with Gasteiger partial charge in [-0.3, -0.25) is 28.8 Å². The molecule has 6 aliphatic heterocycles. The molecule has 2 aliphatic carbocycles. The lowest BCUT2D eigenvalue weighted by molar-refractivity contribution is -0.143. The van der Waals surface area contributed by atoms with Crippen LogP contribution in [0.25, 0.3) is 33.2 Å². The van der Waals surface area contributed by atoms with E-state index < -0.39 is 92.2 Å². The van der Waals surface area contributed by atoms with E-state index in [1.807, 2.05) is 160 Å². The zero-order valence-electron chi connectivity index (χ0n) is 83.1. The van der Waals surface area contributed by atoms with Gasteiger partial charge in [-0.1, -0.05) is 171 Å². The first-order valence-electron chi connectivity index (χ1n) is 47.3. The van der Waals surface area contributed by atoms with Crippen molar-refractivity contribution in [1.29, 1.82) is 0 Å². The number of hydrogen-bond donors (Lipinski definition) is 7. The minimum Gasteiger partial charge on any atom is -0.465 e. The lowest BCUT2D eigenvalue weighted by Crippen LogP contribution is -2.43. The number of ether oxygens (including phenoxy) is 3. The number of benzene rings is 6. The molecule has 53 heteroatoms. The van der Waals surface area contributed by atoms with Crippen molar-refractivity contribution in [1.82, 2.24) is 66.1 Å². The minimum atomic E-state index is -3.97. The number of sulfonamides is 2. The summed E-state index contributed by atoms with van der Waals surface area (Å²) in [6.07, 6.45) is 14.9. The van der Waals surface area contributed by atoms with Gasteiger partial charge in [-0.25, -0.2) is 51.8 Å². The highest BCUT2D eigenvalue weighted by atomic mass is 127. The number of fused-ring (bicyclic) bond motifs is 2. The molecule has 8 aliphatic rings. The van der Waals surface area contributed by atoms with E-state index >= 15 is 0 Å². The number of rotatable bonds is 28.